The zero-order valence-corrected chi connectivity index (χ0v) is 22.2. The molecule has 4 nitrogen and oxygen atoms in total. The Hall–Kier alpha value is -3.23. The van der Waals surface area contributed by atoms with Crippen LogP contribution in [0, 0.1) is 6.92 Å². The van der Waals surface area contributed by atoms with Crippen LogP contribution < -0.4 is 24.2 Å². The van der Waals surface area contributed by atoms with Crippen LogP contribution >= 0.6 is 11.8 Å². The quantitative estimate of drug-likeness (QED) is 0.341. The molecule has 0 bridgehead atoms. The topological polar surface area (TPSA) is 66.4 Å². The van der Waals surface area contributed by atoms with Crippen molar-refractivity contribution in [2.45, 2.75) is 19.4 Å². The molecule has 0 aliphatic carbocycles. The number of amides is 1. The second-order valence-electron chi connectivity index (χ2n) is 8.63. The molecule has 0 aliphatic heterocycles. The van der Waals surface area contributed by atoms with E-state index in [-0.39, 0.29) is 24.8 Å². The molecule has 0 saturated carbocycles. The van der Waals surface area contributed by atoms with Crippen LogP contribution in [0.1, 0.15) is 22.3 Å². The Bertz CT molecular complexity index is 1370. The Kier molecular flexibility index (Phi) is 10.2. The average molecular weight is 503 g/mol. The predicted octanol–water partition coefficient (Wildman–Crippen LogP) is 3.94. The van der Waals surface area contributed by atoms with Crippen molar-refractivity contribution < 1.29 is 33.6 Å². The Labute approximate surface area is 234 Å². The molecule has 0 fully saturated rings. The Balaban J connectivity index is 0.00000380. The van der Waals surface area contributed by atoms with E-state index in [0.29, 0.717) is 17.7 Å². The molecule has 0 saturated heterocycles. The number of carbonyl (C=O) groups is 2. The van der Waals surface area contributed by atoms with Gasteiger partial charge >= 0.3 is 24.8 Å². The molecule has 4 aromatic carbocycles. The fourth-order valence-electron chi connectivity index (χ4n) is 4.34. The van der Waals surface area contributed by atoms with E-state index in [0.717, 1.165) is 38.9 Å². The summed E-state index contributed by atoms with van der Waals surface area (Å²) in [5.74, 6) is -0.759. The third kappa shape index (κ3) is 6.75. The number of aryl methyl sites for hydroxylation is 1. The molecule has 0 heterocycles. The van der Waals surface area contributed by atoms with Crippen molar-refractivity contribution in [1.29, 1.82) is 0 Å². The fourth-order valence-corrected chi connectivity index (χ4v) is 4.81. The van der Waals surface area contributed by atoms with E-state index in [1.807, 2.05) is 86.0 Å². The van der Waals surface area contributed by atoms with E-state index in [1.54, 1.807) is 11.8 Å². The standard InChI is InChI=1S/C31H29NO3S.Li/c1-21-10-6-7-13-24(21)28-20-23(26-15-9-8-14-25(26)22-11-4-3-5-12-22)16-17-27(28)30(33)32-29(31(34)35)18-19-36-2;/h3-17,20,29H,18-19H2,1-2H3,(H,32,33)(H,34,35);/q;+1. The van der Waals surface area contributed by atoms with Crippen LogP contribution in [0.2, 0.25) is 0 Å². The summed E-state index contributed by atoms with van der Waals surface area (Å²) in [6.07, 6.45) is 2.29. The molecule has 1 unspecified atom stereocenters. The number of carbonyl (C=O) groups excluding carboxylic acids is 1. The van der Waals surface area contributed by atoms with Gasteiger partial charge in [0.2, 0.25) is 0 Å². The maximum atomic E-state index is 13.4. The molecule has 0 radical (unpaired) electrons. The summed E-state index contributed by atoms with van der Waals surface area (Å²) in [6.45, 7) is 2.01. The Morgan fingerprint density at radius 3 is 2.00 bits per heavy atom. The first kappa shape index (κ1) is 28.3. The van der Waals surface area contributed by atoms with Crippen LogP contribution in [0.3, 0.4) is 0 Å². The maximum absolute atomic E-state index is 13.4. The molecule has 0 aliphatic rings. The van der Waals surface area contributed by atoms with Crippen molar-refractivity contribution in [2.24, 2.45) is 0 Å². The number of carboxylic acid groups (broad SMARTS) is 1. The molecule has 182 valence electrons. The molecular weight excluding hydrogens is 473 g/mol. The summed E-state index contributed by atoms with van der Waals surface area (Å²) in [4.78, 5) is 25.2. The summed E-state index contributed by atoms with van der Waals surface area (Å²) in [7, 11) is 0. The number of carboxylic acids is 1. The van der Waals surface area contributed by atoms with E-state index < -0.39 is 12.0 Å². The number of rotatable bonds is 9. The van der Waals surface area contributed by atoms with E-state index in [2.05, 4.69) is 29.6 Å². The zero-order chi connectivity index (χ0) is 25.5. The molecule has 4 rings (SSSR count). The van der Waals surface area contributed by atoms with Gasteiger partial charge in [0.15, 0.2) is 0 Å². The predicted molar refractivity (Wildman–Crippen MR) is 149 cm³/mol. The summed E-state index contributed by atoms with van der Waals surface area (Å²) in [6, 6.07) is 31.2. The molecule has 1 atom stereocenters. The van der Waals surface area contributed by atoms with Crippen molar-refractivity contribution in [1.82, 2.24) is 5.32 Å². The Morgan fingerprint density at radius 2 is 1.38 bits per heavy atom. The van der Waals surface area contributed by atoms with Gasteiger partial charge in [0.05, 0.1) is 0 Å². The molecule has 0 spiro atoms. The summed E-state index contributed by atoms with van der Waals surface area (Å²) >= 11 is 1.56. The number of aliphatic carboxylic acids is 1. The van der Waals surface area contributed by atoms with Gasteiger partial charge in [0, 0.05) is 5.56 Å². The third-order valence-corrected chi connectivity index (χ3v) is 6.88. The van der Waals surface area contributed by atoms with E-state index in [9.17, 15) is 14.7 Å². The monoisotopic (exact) mass is 502 g/mol. The summed E-state index contributed by atoms with van der Waals surface area (Å²) in [5.41, 5.74) is 7.49. The van der Waals surface area contributed by atoms with Gasteiger partial charge < -0.3 is 10.4 Å². The molecule has 4 aromatic rings. The normalized spacial score (nSPS) is 11.3. The Morgan fingerprint density at radius 1 is 0.784 bits per heavy atom. The number of nitrogens with one attached hydrogen (secondary N) is 1. The van der Waals surface area contributed by atoms with Crippen LogP contribution in [-0.4, -0.2) is 35.0 Å². The third-order valence-electron chi connectivity index (χ3n) is 6.24. The van der Waals surface area contributed by atoms with Crippen LogP contribution in [0.5, 0.6) is 0 Å². The van der Waals surface area contributed by atoms with Gasteiger partial charge in [-0.2, -0.15) is 11.8 Å². The van der Waals surface area contributed by atoms with Crippen LogP contribution in [-0.2, 0) is 4.79 Å². The van der Waals surface area contributed by atoms with Crippen LogP contribution in [0.4, 0.5) is 0 Å². The zero-order valence-electron chi connectivity index (χ0n) is 21.4. The number of hydrogen-bond acceptors (Lipinski definition) is 3. The van der Waals surface area contributed by atoms with Gasteiger partial charge in [0.25, 0.3) is 5.91 Å². The van der Waals surface area contributed by atoms with E-state index in [4.69, 9.17) is 0 Å². The summed E-state index contributed by atoms with van der Waals surface area (Å²) in [5, 5.41) is 12.4. The average Bonchev–Trinajstić information content (AvgIpc) is 2.91. The van der Waals surface area contributed by atoms with Crippen LogP contribution in [0.15, 0.2) is 97.1 Å². The van der Waals surface area contributed by atoms with Gasteiger partial charge in [-0.25, -0.2) is 4.79 Å². The van der Waals surface area contributed by atoms with Gasteiger partial charge in [0.1, 0.15) is 6.04 Å². The molecule has 6 heteroatoms. The van der Waals surface area contributed by atoms with Crippen molar-refractivity contribution in [2.75, 3.05) is 12.0 Å². The van der Waals surface area contributed by atoms with Crippen molar-refractivity contribution in [3.05, 3.63) is 108 Å². The van der Waals surface area contributed by atoms with Gasteiger partial charge in [-0.05, 0) is 76.4 Å². The molecule has 2 N–H and O–H groups in total. The molecule has 0 aromatic heterocycles. The van der Waals surface area contributed by atoms with Gasteiger partial charge in [-0.1, -0.05) is 84.9 Å². The van der Waals surface area contributed by atoms with Gasteiger partial charge in [-0.3, -0.25) is 4.79 Å². The maximum Gasteiger partial charge on any atom is 1.00 e. The second-order valence-corrected chi connectivity index (χ2v) is 9.62. The van der Waals surface area contributed by atoms with Gasteiger partial charge in [-0.15, -0.1) is 0 Å². The van der Waals surface area contributed by atoms with E-state index in [1.165, 1.54) is 0 Å². The minimum Gasteiger partial charge on any atom is -0.480 e. The van der Waals surface area contributed by atoms with Crippen molar-refractivity contribution >= 4 is 23.6 Å². The fraction of sp³-hybridized carbons (Fsp3) is 0.161. The van der Waals surface area contributed by atoms with Crippen molar-refractivity contribution in [3.63, 3.8) is 0 Å². The first-order valence-corrected chi connectivity index (χ1v) is 13.3. The summed E-state index contributed by atoms with van der Waals surface area (Å²) < 4.78 is 0. The largest absolute Gasteiger partial charge is 1.00 e. The molecular formula is C31H29LiNO3S+. The number of hydrogen-bond donors (Lipinski definition) is 2. The number of thioether (sulfide) groups is 1. The van der Waals surface area contributed by atoms with E-state index >= 15 is 0 Å². The molecule has 37 heavy (non-hydrogen) atoms. The van der Waals surface area contributed by atoms with Crippen molar-refractivity contribution in [3.8, 4) is 33.4 Å². The minimum atomic E-state index is -1.02. The second kappa shape index (κ2) is 13.4. The first-order valence-electron chi connectivity index (χ1n) is 11.9. The minimum absolute atomic E-state index is 0. The number of benzene rings is 4. The molecule has 1 amide bonds. The first-order chi connectivity index (χ1) is 17.5. The SMILES string of the molecule is CSCCC(NC(=O)c1ccc(-c2ccccc2-c2ccccc2)cc1-c1ccccc1C)C(=O)O.[Li+]. The van der Waals surface area contributed by atoms with Crippen LogP contribution in [0.25, 0.3) is 33.4 Å². The smallest absolute Gasteiger partial charge is 0.480 e.